The average molecular weight is 381 g/mol. The van der Waals surface area contributed by atoms with E-state index in [1.165, 1.54) is 24.3 Å². The number of hydrogen-bond donors (Lipinski definition) is 0. The number of rotatable bonds is 6. The third-order valence-electron chi connectivity index (χ3n) is 3.75. The van der Waals surface area contributed by atoms with Gasteiger partial charge in [-0.2, -0.15) is 0 Å². The van der Waals surface area contributed by atoms with E-state index in [1.807, 2.05) is 30.3 Å². The van der Waals surface area contributed by atoms with Crippen LogP contribution < -0.4 is 4.74 Å². The van der Waals surface area contributed by atoms with Crippen LogP contribution in [0.5, 0.6) is 11.5 Å². The van der Waals surface area contributed by atoms with Crippen LogP contribution in [0.4, 0.5) is 4.39 Å². The molecule has 3 aromatic carbocycles. The van der Waals surface area contributed by atoms with Crippen LogP contribution in [0.15, 0.2) is 78.9 Å². The lowest BCUT2D eigenvalue weighted by Crippen LogP contribution is -2.01. The summed E-state index contributed by atoms with van der Waals surface area (Å²) >= 11 is 5.56. The second-order valence-corrected chi connectivity index (χ2v) is 5.96. The summed E-state index contributed by atoms with van der Waals surface area (Å²) in [6.45, 7) is 0. The Morgan fingerprint density at radius 3 is 2.26 bits per heavy atom. The Morgan fingerprint density at radius 1 is 0.852 bits per heavy atom. The average Bonchev–Trinajstić information content (AvgIpc) is 2.68. The molecule has 5 heteroatoms. The summed E-state index contributed by atoms with van der Waals surface area (Å²) in [6, 6.07) is 19.2. The van der Waals surface area contributed by atoms with Crippen LogP contribution in [0, 0.1) is 5.82 Å². The molecule has 0 bridgehead atoms. The Labute approximate surface area is 160 Å². The van der Waals surface area contributed by atoms with Crippen LogP contribution in [0.3, 0.4) is 0 Å². The highest BCUT2D eigenvalue weighted by atomic mass is 35.5. The van der Waals surface area contributed by atoms with Crippen molar-refractivity contribution in [3.05, 3.63) is 101 Å². The van der Waals surface area contributed by atoms with Crippen molar-refractivity contribution in [2.24, 2.45) is 0 Å². The fourth-order valence-electron chi connectivity index (χ4n) is 2.45. The Bertz CT molecular complexity index is 1010. The molecule has 3 rings (SSSR count). The Hall–Kier alpha value is -3.24. The number of hydrogen-bond acceptors (Lipinski definition) is 3. The van der Waals surface area contributed by atoms with Gasteiger partial charge in [0.1, 0.15) is 17.3 Å². The van der Waals surface area contributed by atoms with Crippen molar-refractivity contribution >= 4 is 28.7 Å². The highest BCUT2D eigenvalue weighted by molar-refractivity contribution is 6.68. The van der Waals surface area contributed by atoms with Crippen molar-refractivity contribution in [3.8, 4) is 11.5 Å². The second kappa shape index (κ2) is 8.43. The third-order valence-corrected chi connectivity index (χ3v) is 3.96. The van der Waals surface area contributed by atoms with E-state index >= 15 is 0 Å². The highest BCUT2D eigenvalue weighted by Gasteiger charge is 2.16. The Morgan fingerprint density at radius 2 is 1.52 bits per heavy atom. The molecule has 0 fully saturated rings. The lowest BCUT2D eigenvalue weighted by molar-refractivity contribution is 0.104. The molecule has 0 N–H and O–H groups in total. The minimum absolute atomic E-state index is 0.0407. The van der Waals surface area contributed by atoms with Crippen molar-refractivity contribution in [1.82, 2.24) is 0 Å². The summed E-state index contributed by atoms with van der Waals surface area (Å²) < 4.78 is 19.4. The monoisotopic (exact) mass is 380 g/mol. The summed E-state index contributed by atoms with van der Waals surface area (Å²) in [6.07, 6.45) is 2.98. The molecule has 0 aromatic heterocycles. The molecule has 0 unspecified atom stereocenters. The van der Waals surface area contributed by atoms with Crippen molar-refractivity contribution in [2.75, 3.05) is 0 Å². The predicted octanol–water partition coefficient (Wildman–Crippen LogP) is 5.89. The number of carbonyl (C=O) groups excluding carboxylic acids is 2. The van der Waals surface area contributed by atoms with Gasteiger partial charge in [-0.1, -0.05) is 48.5 Å². The van der Waals surface area contributed by atoms with E-state index in [0.717, 1.165) is 11.6 Å². The number of ether oxygens (including phenoxy) is 1. The van der Waals surface area contributed by atoms with Gasteiger partial charge in [-0.3, -0.25) is 9.59 Å². The third kappa shape index (κ3) is 4.68. The van der Waals surface area contributed by atoms with Crippen LogP contribution in [0.1, 0.15) is 26.3 Å². The highest BCUT2D eigenvalue weighted by Crippen LogP contribution is 2.30. The molecule has 0 atom stereocenters. The molecule has 134 valence electrons. The molecule has 0 aliphatic carbocycles. The predicted molar refractivity (Wildman–Crippen MR) is 103 cm³/mol. The zero-order valence-corrected chi connectivity index (χ0v) is 14.8. The van der Waals surface area contributed by atoms with Gasteiger partial charge in [0.05, 0.1) is 11.1 Å². The summed E-state index contributed by atoms with van der Waals surface area (Å²) in [5.41, 5.74) is 1.03. The quantitative estimate of drug-likeness (QED) is 0.304. The largest absolute Gasteiger partial charge is 0.456 e. The minimum Gasteiger partial charge on any atom is -0.456 e. The van der Waals surface area contributed by atoms with E-state index in [9.17, 15) is 14.0 Å². The molecule has 0 heterocycles. The SMILES string of the molecule is O=C(Cl)c1ccccc1Oc1ccc(F)cc1C(=O)/C=C/c1ccccc1. The van der Waals surface area contributed by atoms with Crippen molar-refractivity contribution in [2.45, 2.75) is 0 Å². The van der Waals surface area contributed by atoms with Gasteiger partial charge in [0.15, 0.2) is 5.78 Å². The van der Waals surface area contributed by atoms with E-state index in [0.29, 0.717) is 0 Å². The lowest BCUT2D eigenvalue weighted by atomic mass is 10.1. The maximum atomic E-state index is 13.7. The fourth-order valence-corrected chi connectivity index (χ4v) is 2.60. The van der Waals surface area contributed by atoms with Gasteiger partial charge in [-0.15, -0.1) is 0 Å². The first-order valence-corrected chi connectivity index (χ1v) is 8.46. The smallest absolute Gasteiger partial charge is 0.256 e. The maximum absolute atomic E-state index is 13.7. The van der Waals surface area contributed by atoms with Crippen molar-refractivity contribution in [3.63, 3.8) is 0 Å². The molecule has 3 nitrogen and oxygen atoms in total. The van der Waals surface area contributed by atoms with Crippen molar-refractivity contribution in [1.29, 1.82) is 0 Å². The van der Waals surface area contributed by atoms with Gasteiger partial charge in [-0.25, -0.2) is 4.39 Å². The minimum atomic E-state index is -0.690. The van der Waals surface area contributed by atoms with Crippen LogP contribution >= 0.6 is 11.6 Å². The Balaban J connectivity index is 1.93. The van der Waals surface area contributed by atoms with E-state index in [1.54, 1.807) is 24.3 Å². The lowest BCUT2D eigenvalue weighted by Gasteiger charge is -2.11. The van der Waals surface area contributed by atoms with Gasteiger partial charge in [0.2, 0.25) is 0 Å². The topological polar surface area (TPSA) is 43.4 Å². The van der Waals surface area contributed by atoms with Crippen LogP contribution in [0.2, 0.25) is 0 Å². The number of allylic oxidation sites excluding steroid dienone is 1. The van der Waals surface area contributed by atoms with Gasteiger partial charge in [-0.05, 0) is 53.6 Å². The molecule has 27 heavy (non-hydrogen) atoms. The van der Waals surface area contributed by atoms with Crippen LogP contribution in [0.25, 0.3) is 6.08 Å². The van der Waals surface area contributed by atoms with E-state index in [2.05, 4.69) is 0 Å². The summed E-state index contributed by atoms with van der Waals surface area (Å²) in [5.74, 6) is -0.682. The first-order valence-electron chi connectivity index (χ1n) is 8.08. The molecule has 0 aliphatic rings. The second-order valence-electron chi connectivity index (χ2n) is 5.62. The fraction of sp³-hybridized carbons (Fsp3) is 0. The van der Waals surface area contributed by atoms with Gasteiger partial charge in [0, 0.05) is 0 Å². The zero-order valence-electron chi connectivity index (χ0n) is 14.1. The summed E-state index contributed by atoms with van der Waals surface area (Å²) in [7, 11) is 0. The number of halogens is 2. The van der Waals surface area contributed by atoms with Crippen LogP contribution in [-0.2, 0) is 0 Å². The number of para-hydroxylation sites is 1. The number of benzene rings is 3. The van der Waals surface area contributed by atoms with Gasteiger partial charge >= 0.3 is 0 Å². The first-order chi connectivity index (χ1) is 13.0. The number of ketones is 1. The van der Waals surface area contributed by atoms with E-state index in [4.69, 9.17) is 16.3 Å². The van der Waals surface area contributed by atoms with Gasteiger partial charge in [0.25, 0.3) is 5.24 Å². The van der Waals surface area contributed by atoms with E-state index < -0.39 is 16.8 Å². The summed E-state index contributed by atoms with van der Waals surface area (Å²) in [4.78, 5) is 24.1. The maximum Gasteiger partial charge on any atom is 0.256 e. The van der Waals surface area contributed by atoms with Crippen molar-refractivity contribution < 1.29 is 18.7 Å². The van der Waals surface area contributed by atoms with Gasteiger partial charge < -0.3 is 4.74 Å². The number of carbonyl (C=O) groups is 2. The molecule has 3 aromatic rings. The van der Waals surface area contributed by atoms with E-state index in [-0.39, 0.29) is 22.6 Å². The molecule has 0 spiro atoms. The zero-order chi connectivity index (χ0) is 19.2. The molecule has 0 aliphatic heterocycles. The molecular formula is C22H14ClFO3. The standard InChI is InChI=1S/C22H14ClFO3/c23-22(26)17-8-4-5-9-20(17)27-21-13-11-16(24)14-18(21)19(25)12-10-15-6-2-1-3-7-15/h1-14H/b12-10+. The normalized spacial score (nSPS) is 10.7. The Kier molecular flexibility index (Phi) is 5.79. The molecule has 0 saturated heterocycles. The summed E-state index contributed by atoms with van der Waals surface area (Å²) in [5, 5.41) is -0.690. The van der Waals surface area contributed by atoms with Crippen LogP contribution in [-0.4, -0.2) is 11.0 Å². The molecular weight excluding hydrogens is 367 g/mol. The molecule has 0 radical (unpaired) electrons. The molecule has 0 amide bonds. The first kappa shape index (κ1) is 18.5. The molecule has 0 saturated carbocycles.